The van der Waals surface area contributed by atoms with Gasteiger partial charge in [0.2, 0.25) is 5.91 Å². The highest BCUT2D eigenvalue weighted by Gasteiger charge is 2.22. The first-order valence-electron chi connectivity index (χ1n) is 9.59. The van der Waals surface area contributed by atoms with Crippen molar-refractivity contribution >= 4 is 23.2 Å². The van der Waals surface area contributed by atoms with Crippen LogP contribution in [-0.4, -0.2) is 40.0 Å². The Morgan fingerprint density at radius 1 is 1.20 bits per heavy atom. The largest absolute Gasteiger partial charge is 0.497 e. The minimum absolute atomic E-state index is 0.0394. The van der Waals surface area contributed by atoms with Gasteiger partial charge in [-0.1, -0.05) is 23.7 Å². The Morgan fingerprint density at radius 2 is 1.93 bits per heavy atom. The summed E-state index contributed by atoms with van der Waals surface area (Å²) in [4.78, 5) is 14.7. The highest BCUT2D eigenvalue weighted by atomic mass is 35.5. The molecule has 0 spiro atoms. The second-order valence-corrected chi connectivity index (χ2v) is 7.08. The van der Waals surface area contributed by atoms with E-state index in [0.717, 1.165) is 46.5 Å². The van der Waals surface area contributed by atoms with Crippen molar-refractivity contribution in [2.45, 2.75) is 27.3 Å². The van der Waals surface area contributed by atoms with Gasteiger partial charge in [0.25, 0.3) is 0 Å². The maximum atomic E-state index is 9.93. The smallest absolute Gasteiger partial charge is 0.216 e. The van der Waals surface area contributed by atoms with Crippen molar-refractivity contribution in [3.8, 4) is 11.4 Å². The summed E-state index contributed by atoms with van der Waals surface area (Å²) in [5, 5.41) is 11.7. The van der Waals surface area contributed by atoms with E-state index in [1.165, 1.54) is 6.92 Å². The van der Waals surface area contributed by atoms with Crippen molar-refractivity contribution in [1.29, 1.82) is 0 Å². The number of hydrogen-bond acceptors (Lipinski definition) is 5. The lowest BCUT2D eigenvalue weighted by Crippen LogP contribution is -2.18. The summed E-state index contributed by atoms with van der Waals surface area (Å²) in [5.41, 5.74) is 3.88. The van der Waals surface area contributed by atoms with Crippen LogP contribution in [-0.2, 0) is 11.3 Å². The van der Waals surface area contributed by atoms with Gasteiger partial charge in [0, 0.05) is 29.6 Å². The molecular formula is C22H24ClN5O2. The molecule has 0 unspecified atom stereocenters. The van der Waals surface area contributed by atoms with Gasteiger partial charge in [-0.25, -0.2) is 0 Å². The Hall–Kier alpha value is -3.19. The number of carbonyl (C=O) groups excluding carboxylic acids is 1. The van der Waals surface area contributed by atoms with Crippen molar-refractivity contribution in [2.24, 2.45) is 4.99 Å². The van der Waals surface area contributed by atoms with Crippen LogP contribution in [0.4, 0.5) is 0 Å². The molecule has 0 radical (unpaired) electrons. The van der Waals surface area contributed by atoms with Crippen LogP contribution in [0.25, 0.3) is 5.69 Å². The lowest BCUT2D eigenvalue weighted by Gasteiger charge is -2.14. The third kappa shape index (κ3) is 4.68. The molecule has 2 heterocycles. The minimum atomic E-state index is 0.0394. The lowest BCUT2D eigenvalue weighted by molar-refractivity contribution is -0.118. The summed E-state index contributed by atoms with van der Waals surface area (Å²) < 4.78 is 7.45. The van der Waals surface area contributed by atoms with E-state index in [4.69, 9.17) is 21.3 Å². The number of ether oxygens (including phenoxy) is 1. The summed E-state index contributed by atoms with van der Waals surface area (Å²) in [5.74, 6) is 2.48. The average molecular weight is 426 g/mol. The number of rotatable bonds is 3. The molecular weight excluding hydrogens is 402 g/mol. The molecule has 30 heavy (non-hydrogen) atoms. The first-order valence-corrected chi connectivity index (χ1v) is 9.96. The number of nitrogens with zero attached hydrogens (tertiary/aromatic N) is 4. The van der Waals surface area contributed by atoms with E-state index in [-0.39, 0.29) is 5.91 Å². The molecule has 0 saturated heterocycles. The molecule has 0 fully saturated rings. The van der Waals surface area contributed by atoms with Crippen LogP contribution in [0.2, 0.25) is 5.02 Å². The number of aromatic nitrogens is 3. The van der Waals surface area contributed by atoms with Gasteiger partial charge in [0.05, 0.1) is 18.5 Å². The normalized spacial score (nSPS) is 11.8. The SMILES string of the molecule is CCNC(C)=O.COc1ccc2c(c1)C(c1ccc(Cl)cc1)=NCc1nnc(C)n1-2. The fourth-order valence-electron chi connectivity index (χ4n) is 3.19. The summed E-state index contributed by atoms with van der Waals surface area (Å²) in [6.45, 7) is 6.54. The van der Waals surface area contributed by atoms with Crippen LogP contribution in [0, 0.1) is 6.92 Å². The number of methoxy groups -OCH3 is 1. The first kappa shape index (κ1) is 21.5. The van der Waals surface area contributed by atoms with Gasteiger partial charge < -0.3 is 10.1 Å². The summed E-state index contributed by atoms with van der Waals surface area (Å²) in [6.07, 6.45) is 0. The predicted molar refractivity (Wildman–Crippen MR) is 118 cm³/mol. The Labute approximate surface area is 180 Å². The Morgan fingerprint density at radius 3 is 2.53 bits per heavy atom. The highest BCUT2D eigenvalue weighted by Crippen LogP contribution is 2.29. The Kier molecular flexibility index (Phi) is 6.84. The van der Waals surface area contributed by atoms with Crippen LogP contribution in [0.3, 0.4) is 0 Å². The van der Waals surface area contributed by atoms with E-state index in [0.29, 0.717) is 11.6 Å². The van der Waals surface area contributed by atoms with E-state index in [1.54, 1.807) is 7.11 Å². The fraction of sp³-hybridized carbons (Fsp3) is 0.273. The number of fused-ring (bicyclic) bond motifs is 3. The summed E-state index contributed by atoms with van der Waals surface area (Å²) in [7, 11) is 1.66. The van der Waals surface area contributed by atoms with Gasteiger partial charge in [0.1, 0.15) is 18.1 Å². The van der Waals surface area contributed by atoms with Crippen molar-refractivity contribution in [3.63, 3.8) is 0 Å². The van der Waals surface area contributed by atoms with Crippen LogP contribution >= 0.6 is 11.6 Å². The number of aryl methyl sites for hydroxylation is 1. The lowest BCUT2D eigenvalue weighted by atomic mass is 10.00. The van der Waals surface area contributed by atoms with Crippen molar-refractivity contribution in [3.05, 3.63) is 70.3 Å². The third-order valence-electron chi connectivity index (χ3n) is 4.51. The first-order chi connectivity index (χ1) is 14.4. The van der Waals surface area contributed by atoms with E-state index >= 15 is 0 Å². The van der Waals surface area contributed by atoms with Crippen LogP contribution < -0.4 is 10.1 Å². The number of hydrogen-bond donors (Lipinski definition) is 1. The molecule has 0 atom stereocenters. The average Bonchev–Trinajstić information content (AvgIpc) is 3.01. The van der Waals surface area contributed by atoms with Crippen molar-refractivity contribution in [1.82, 2.24) is 20.1 Å². The molecule has 1 aromatic heterocycles. The maximum absolute atomic E-state index is 9.93. The molecule has 8 heteroatoms. The standard InChI is InChI=1S/C18H15ClN4O.C4H9NO/c1-11-21-22-17-10-20-18(12-3-5-13(19)6-4-12)15-9-14(24-2)7-8-16(15)23(11)17;1-3-5-4(2)6/h3-9H,10H2,1-2H3;3H2,1-2H3,(H,5,6). The van der Waals surface area contributed by atoms with Gasteiger partial charge in [-0.15, -0.1) is 10.2 Å². The van der Waals surface area contributed by atoms with Gasteiger partial charge in [-0.05, 0) is 44.2 Å². The molecule has 4 rings (SSSR count). The van der Waals surface area contributed by atoms with Gasteiger partial charge in [-0.3, -0.25) is 14.4 Å². The molecule has 1 aliphatic heterocycles. The third-order valence-corrected chi connectivity index (χ3v) is 4.77. The van der Waals surface area contributed by atoms with Crippen LogP contribution in [0.15, 0.2) is 47.5 Å². The Bertz CT molecular complexity index is 1070. The fourth-order valence-corrected chi connectivity index (χ4v) is 3.31. The molecule has 3 aromatic rings. The molecule has 1 amide bonds. The minimum Gasteiger partial charge on any atom is -0.497 e. The Balaban J connectivity index is 0.000000377. The summed E-state index contributed by atoms with van der Waals surface area (Å²) in [6, 6.07) is 13.6. The van der Waals surface area contributed by atoms with Crippen molar-refractivity contribution < 1.29 is 9.53 Å². The molecule has 1 N–H and O–H groups in total. The molecule has 7 nitrogen and oxygen atoms in total. The van der Waals surface area contributed by atoms with E-state index in [9.17, 15) is 4.79 Å². The summed E-state index contributed by atoms with van der Waals surface area (Å²) >= 11 is 6.02. The zero-order valence-electron chi connectivity index (χ0n) is 17.4. The molecule has 0 bridgehead atoms. The zero-order chi connectivity index (χ0) is 21.7. The monoisotopic (exact) mass is 425 g/mol. The van der Waals surface area contributed by atoms with E-state index in [1.807, 2.05) is 60.9 Å². The molecule has 0 aliphatic carbocycles. The van der Waals surface area contributed by atoms with Gasteiger partial charge in [-0.2, -0.15) is 0 Å². The molecule has 0 saturated carbocycles. The second-order valence-electron chi connectivity index (χ2n) is 6.64. The maximum Gasteiger partial charge on any atom is 0.216 e. The zero-order valence-corrected chi connectivity index (χ0v) is 18.2. The van der Waals surface area contributed by atoms with E-state index < -0.39 is 0 Å². The number of nitrogens with one attached hydrogen (secondary N) is 1. The van der Waals surface area contributed by atoms with Crippen LogP contribution in [0.5, 0.6) is 5.75 Å². The molecule has 156 valence electrons. The predicted octanol–water partition coefficient (Wildman–Crippen LogP) is 3.73. The quantitative estimate of drug-likeness (QED) is 0.693. The number of carbonyl (C=O) groups is 1. The second kappa shape index (κ2) is 9.54. The topological polar surface area (TPSA) is 81.4 Å². The van der Waals surface area contributed by atoms with Gasteiger partial charge in [0.15, 0.2) is 5.82 Å². The number of amides is 1. The van der Waals surface area contributed by atoms with Crippen molar-refractivity contribution in [2.75, 3.05) is 13.7 Å². The number of benzene rings is 2. The van der Waals surface area contributed by atoms with E-state index in [2.05, 4.69) is 15.5 Å². The number of aliphatic imine (C=N–C) groups is 1. The molecule has 2 aromatic carbocycles. The van der Waals surface area contributed by atoms with Crippen LogP contribution in [0.1, 0.15) is 36.6 Å². The molecule has 1 aliphatic rings. The highest BCUT2D eigenvalue weighted by molar-refractivity contribution is 6.30. The van der Waals surface area contributed by atoms with Gasteiger partial charge >= 0.3 is 0 Å². The number of halogens is 1.